The molecule has 2 N–H and O–H groups in total. The summed E-state index contributed by atoms with van der Waals surface area (Å²) in [7, 11) is 0. The molecule has 0 aromatic heterocycles. The predicted octanol–water partition coefficient (Wildman–Crippen LogP) is 4.35. The van der Waals surface area contributed by atoms with Crippen molar-refractivity contribution in [2.75, 3.05) is 6.61 Å². The lowest BCUT2D eigenvalue weighted by molar-refractivity contribution is 0.0320. The minimum atomic E-state index is -0.117. The van der Waals surface area contributed by atoms with Gasteiger partial charge < -0.3 is 10.5 Å². The van der Waals surface area contributed by atoms with E-state index in [0.29, 0.717) is 0 Å². The van der Waals surface area contributed by atoms with E-state index >= 15 is 0 Å². The van der Waals surface area contributed by atoms with Gasteiger partial charge in [-0.3, -0.25) is 0 Å². The minimum Gasteiger partial charge on any atom is -0.373 e. The zero-order valence-corrected chi connectivity index (χ0v) is 12.9. The van der Waals surface area contributed by atoms with Crippen LogP contribution in [0.1, 0.15) is 40.8 Å². The lowest BCUT2D eigenvalue weighted by atomic mass is 9.91. The zero-order chi connectivity index (χ0) is 14.8. The van der Waals surface area contributed by atoms with Gasteiger partial charge in [-0.2, -0.15) is 0 Å². The highest BCUT2D eigenvalue weighted by atomic mass is 35.5. The molecule has 2 aromatic carbocycles. The SMILES string of the molecule is Cc1cccc(C(N)CC2OCCc3ccccc32)c1Cl. The minimum absolute atomic E-state index is 0.0570. The van der Waals surface area contributed by atoms with Crippen molar-refractivity contribution >= 4 is 11.6 Å². The van der Waals surface area contributed by atoms with E-state index in [4.69, 9.17) is 22.1 Å². The average Bonchev–Trinajstić information content (AvgIpc) is 2.50. The van der Waals surface area contributed by atoms with Crippen LogP contribution in [0, 0.1) is 6.92 Å². The summed E-state index contributed by atoms with van der Waals surface area (Å²) < 4.78 is 5.94. The fourth-order valence-corrected chi connectivity index (χ4v) is 3.25. The lowest BCUT2D eigenvalue weighted by Crippen LogP contribution is -2.22. The van der Waals surface area contributed by atoms with Crippen LogP contribution in [0.3, 0.4) is 0 Å². The second-order valence-corrected chi connectivity index (χ2v) is 6.01. The molecular weight excluding hydrogens is 282 g/mol. The van der Waals surface area contributed by atoms with E-state index in [2.05, 4.69) is 24.3 Å². The number of hydrogen-bond acceptors (Lipinski definition) is 2. The molecule has 2 aromatic rings. The molecule has 2 nitrogen and oxygen atoms in total. The maximum Gasteiger partial charge on any atom is 0.0845 e. The third-order valence-electron chi connectivity index (χ3n) is 4.18. The van der Waals surface area contributed by atoms with Crippen molar-refractivity contribution in [3.8, 4) is 0 Å². The molecular formula is C18H20ClNO. The van der Waals surface area contributed by atoms with Gasteiger partial charge in [0.05, 0.1) is 12.7 Å². The van der Waals surface area contributed by atoms with Gasteiger partial charge in [0, 0.05) is 11.1 Å². The molecule has 110 valence electrons. The van der Waals surface area contributed by atoms with Crippen LogP contribution in [0.15, 0.2) is 42.5 Å². The first-order valence-corrected chi connectivity index (χ1v) is 7.74. The highest BCUT2D eigenvalue weighted by molar-refractivity contribution is 6.32. The molecule has 0 spiro atoms. The summed E-state index contributed by atoms with van der Waals surface area (Å²) in [6, 6.07) is 14.4. The Labute approximate surface area is 130 Å². The topological polar surface area (TPSA) is 35.2 Å². The number of rotatable bonds is 3. The van der Waals surface area contributed by atoms with Crippen LogP contribution in [-0.4, -0.2) is 6.61 Å². The molecule has 2 unspecified atom stereocenters. The second kappa shape index (κ2) is 6.18. The van der Waals surface area contributed by atoms with E-state index in [1.54, 1.807) is 0 Å². The van der Waals surface area contributed by atoms with E-state index in [1.807, 2.05) is 25.1 Å². The molecule has 1 aliphatic rings. The summed E-state index contributed by atoms with van der Waals surface area (Å²) in [5.41, 5.74) is 11.1. The summed E-state index contributed by atoms with van der Waals surface area (Å²) in [5, 5.41) is 0.772. The Morgan fingerprint density at radius 2 is 2.05 bits per heavy atom. The number of aryl methyl sites for hydroxylation is 1. The molecule has 3 rings (SSSR count). The van der Waals surface area contributed by atoms with Crippen molar-refractivity contribution in [2.45, 2.75) is 31.9 Å². The molecule has 0 aliphatic carbocycles. The van der Waals surface area contributed by atoms with Crippen LogP contribution < -0.4 is 5.73 Å². The largest absolute Gasteiger partial charge is 0.373 e. The van der Waals surface area contributed by atoms with Crippen LogP contribution in [0.4, 0.5) is 0 Å². The summed E-state index contributed by atoms with van der Waals surface area (Å²) >= 11 is 6.39. The summed E-state index contributed by atoms with van der Waals surface area (Å²) in [6.45, 7) is 2.76. The summed E-state index contributed by atoms with van der Waals surface area (Å²) in [5.74, 6) is 0. The average molecular weight is 302 g/mol. The van der Waals surface area contributed by atoms with Gasteiger partial charge in [-0.1, -0.05) is 54.1 Å². The van der Waals surface area contributed by atoms with Crippen molar-refractivity contribution in [1.82, 2.24) is 0 Å². The van der Waals surface area contributed by atoms with Crippen molar-refractivity contribution in [3.05, 3.63) is 69.7 Å². The molecule has 1 heterocycles. The van der Waals surface area contributed by atoms with Gasteiger partial charge in [0.2, 0.25) is 0 Å². The van der Waals surface area contributed by atoms with Crippen molar-refractivity contribution in [1.29, 1.82) is 0 Å². The number of ether oxygens (including phenoxy) is 1. The number of halogens is 1. The highest BCUT2D eigenvalue weighted by Crippen LogP contribution is 2.35. The number of nitrogens with two attached hydrogens (primary N) is 1. The quantitative estimate of drug-likeness (QED) is 0.914. The predicted molar refractivity (Wildman–Crippen MR) is 86.6 cm³/mol. The third-order valence-corrected chi connectivity index (χ3v) is 4.70. The Balaban J connectivity index is 1.83. The Morgan fingerprint density at radius 3 is 2.90 bits per heavy atom. The Kier molecular flexibility index (Phi) is 4.29. The fourth-order valence-electron chi connectivity index (χ4n) is 2.99. The van der Waals surface area contributed by atoms with Gasteiger partial charge in [-0.15, -0.1) is 0 Å². The van der Waals surface area contributed by atoms with Gasteiger partial charge in [0.1, 0.15) is 0 Å². The van der Waals surface area contributed by atoms with Crippen LogP contribution in [0.5, 0.6) is 0 Å². The molecule has 0 amide bonds. The van der Waals surface area contributed by atoms with Crippen molar-refractivity contribution in [2.24, 2.45) is 5.73 Å². The molecule has 3 heteroatoms. The number of hydrogen-bond donors (Lipinski definition) is 1. The van der Waals surface area contributed by atoms with Crippen molar-refractivity contribution < 1.29 is 4.74 Å². The molecule has 1 aliphatic heterocycles. The molecule has 21 heavy (non-hydrogen) atoms. The molecule has 0 fully saturated rings. The third kappa shape index (κ3) is 2.98. The molecule has 2 atom stereocenters. The smallest absolute Gasteiger partial charge is 0.0845 e. The van der Waals surface area contributed by atoms with Crippen LogP contribution in [0.2, 0.25) is 5.02 Å². The van der Waals surface area contributed by atoms with E-state index in [-0.39, 0.29) is 12.1 Å². The molecule has 0 saturated heterocycles. The Hall–Kier alpha value is -1.35. The Morgan fingerprint density at radius 1 is 1.24 bits per heavy atom. The first kappa shape index (κ1) is 14.6. The molecule has 0 radical (unpaired) electrons. The second-order valence-electron chi connectivity index (χ2n) is 5.63. The van der Waals surface area contributed by atoms with E-state index in [0.717, 1.165) is 35.6 Å². The number of fused-ring (bicyclic) bond motifs is 1. The van der Waals surface area contributed by atoms with Crippen LogP contribution in [0.25, 0.3) is 0 Å². The normalized spacial score (nSPS) is 19.1. The monoisotopic (exact) mass is 301 g/mol. The first-order chi connectivity index (χ1) is 10.2. The fraction of sp³-hybridized carbons (Fsp3) is 0.333. The molecule has 0 saturated carbocycles. The molecule has 0 bridgehead atoms. The lowest BCUT2D eigenvalue weighted by Gasteiger charge is -2.28. The zero-order valence-electron chi connectivity index (χ0n) is 12.2. The first-order valence-electron chi connectivity index (χ1n) is 7.37. The summed E-state index contributed by atoms with van der Waals surface area (Å²) in [6.07, 6.45) is 1.79. The highest BCUT2D eigenvalue weighted by Gasteiger charge is 2.24. The van der Waals surface area contributed by atoms with E-state index in [9.17, 15) is 0 Å². The maximum absolute atomic E-state index is 6.39. The van der Waals surface area contributed by atoms with Gasteiger partial charge >= 0.3 is 0 Å². The Bertz CT molecular complexity index is 641. The van der Waals surface area contributed by atoms with Gasteiger partial charge in [-0.05, 0) is 42.0 Å². The van der Waals surface area contributed by atoms with Crippen LogP contribution >= 0.6 is 11.6 Å². The van der Waals surface area contributed by atoms with E-state index < -0.39 is 0 Å². The van der Waals surface area contributed by atoms with Crippen LogP contribution in [-0.2, 0) is 11.2 Å². The maximum atomic E-state index is 6.39. The standard InChI is InChI=1S/C18H20ClNO/c1-12-5-4-8-15(18(12)19)16(20)11-17-14-7-3-2-6-13(14)9-10-21-17/h2-8,16-17H,9-11,20H2,1H3. The van der Waals surface area contributed by atoms with Crippen molar-refractivity contribution in [3.63, 3.8) is 0 Å². The summed E-state index contributed by atoms with van der Waals surface area (Å²) in [4.78, 5) is 0. The van der Waals surface area contributed by atoms with E-state index in [1.165, 1.54) is 11.1 Å². The van der Waals surface area contributed by atoms with Gasteiger partial charge in [-0.25, -0.2) is 0 Å². The van der Waals surface area contributed by atoms with Gasteiger partial charge in [0.25, 0.3) is 0 Å². The number of benzene rings is 2. The van der Waals surface area contributed by atoms with Gasteiger partial charge in [0.15, 0.2) is 0 Å².